The van der Waals surface area contributed by atoms with Crippen LogP contribution in [-0.4, -0.2) is 55.5 Å². The molecule has 0 saturated heterocycles. The van der Waals surface area contributed by atoms with E-state index < -0.39 is 23.2 Å². The average molecular weight is 403 g/mol. The second kappa shape index (κ2) is 13.0. The van der Waals surface area contributed by atoms with E-state index in [2.05, 4.69) is 10.6 Å². The Hall–Kier alpha value is -1.38. The van der Waals surface area contributed by atoms with Gasteiger partial charge in [-0.3, -0.25) is 4.79 Å². The SMILES string of the molecule is CC(C)(C)OC(=O)NCCC(C(=O)OC(C)(C)C)C(CCCN)NCCCN. The number of amides is 1. The van der Waals surface area contributed by atoms with Crippen LogP contribution in [0.1, 0.15) is 67.2 Å². The maximum absolute atomic E-state index is 12.8. The van der Waals surface area contributed by atoms with Gasteiger partial charge in [0.25, 0.3) is 0 Å². The van der Waals surface area contributed by atoms with Crippen LogP contribution in [0.4, 0.5) is 4.79 Å². The Labute approximate surface area is 170 Å². The fourth-order valence-corrected chi connectivity index (χ4v) is 2.68. The molecular formula is C20H42N4O4. The van der Waals surface area contributed by atoms with Crippen LogP contribution in [-0.2, 0) is 14.3 Å². The van der Waals surface area contributed by atoms with Crippen LogP contribution in [0.3, 0.4) is 0 Å². The first-order valence-corrected chi connectivity index (χ1v) is 10.2. The van der Waals surface area contributed by atoms with Gasteiger partial charge in [0.15, 0.2) is 0 Å². The van der Waals surface area contributed by atoms with Crippen LogP contribution in [0.2, 0.25) is 0 Å². The summed E-state index contributed by atoms with van der Waals surface area (Å²) in [5.41, 5.74) is 10.1. The van der Waals surface area contributed by atoms with Crippen molar-refractivity contribution >= 4 is 12.1 Å². The number of alkyl carbamates (subject to hydrolysis) is 1. The standard InChI is InChI=1S/C20H42N4O4/c1-19(2,3)27-17(25)15(10-14-24-18(26)28-20(4,5)6)16(9-7-11-21)23-13-8-12-22/h15-16,23H,7-14,21-22H2,1-6H3,(H,24,26). The van der Waals surface area contributed by atoms with E-state index >= 15 is 0 Å². The van der Waals surface area contributed by atoms with Gasteiger partial charge in [0, 0.05) is 12.6 Å². The van der Waals surface area contributed by atoms with Crippen LogP contribution in [0.15, 0.2) is 0 Å². The quantitative estimate of drug-likeness (QED) is 0.290. The third-order valence-corrected chi connectivity index (χ3v) is 3.83. The van der Waals surface area contributed by atoms with E-state index in [0.717, 1.165) is 19.3 Å². The molecule has 0 aromatic rings. The van der Waals surface area contributed by atoms with Crippen molar-refractivity contribution in [3.05, 3.63) is 0 Å². The summed E-state index contributed by atoms with van der Waals surface area (Å²) in [4.78, 5) is 24.7. The van der Waals surface area contributed by atoms with Gasteiger partial charge in [0.05, 0.1) is 5.92 Å². The minimum Gasteiger partial charge on any atom is -0.460 e. The van der Waals surface area contributed by atoms with Gasteiger partial charge in [-0.2, -0.15) is 0 Å². The van der Waals surface area contributed by atoms with E-state index in [1.807, 2.05) is 20.8 Å². The maximum Gasteiger partial charge on any atom is 0.407 e. The van der Waals surface area contributed by atoms with Gasteiger partial charge in [-0.05, 0) is 86.9 Å². The largest absolute Gasteiger partial charge is 0.460 e. The molecule has 1 amide bonds. The molecule has 28 heavy (non-hydrogen) atoms. The first-order valence-electron chi connectivity index (χ1n) is 10.2. The minimum atomic E-state index is -0.580. The number of hydrogen-bond donors (Lipinski definition) is 4. The normalized spacial score (nSPS) is 14.3. The van der Waals surface area contributed by atoms with E-state index in [4.69, 9.17) is 20.9 Å². The monoisotopic (exact) mass is 402 g/mol. The van der Waals surface area contributed by atoms with Crippen molar-refractivity contribution in [1.29, 1.82) is 0 Å². The van der Waals surface area contributed by atoms with E-state index in [1.54, 1.807) is 20.8 Å². The highest BCUT2D eigenvalue weighted by molar-refractivity contribution is 5.74. The van der Waals surface area contributed by atoms with Crippen molar-refractivity contribution in [3.8, 4) is 0 Å². The topological polar surface area (TPSA) is 129 Å². The van der Waals surface area contributed by atoms with Crippen molar-refractivity contribution in [2.45, 2.75) is 84.5 Å². The van der Waals surface area contributed by atoms with Crippen LogP contribution in [0.25, 0.3) is 0 Å². The highest BCUT2D eigenvalue weighted by Gasteiger charge is 2.31. The van der Waals surface area contributed by atoms with E-state index in [9.17, 15) is 9.59 Å². The molecule has 0 heterocycles. The van der Waals surface area contributed by atoms with E-state index in [0.29, 0.717) is 32.6 Å². The average Bonchev–Trinajstić information content (AvgIpc) is 2.52. The van der Waals surface area contributed by atoms with Gasteiger partial charge in [-0.15, -0.1) is 0 Å². The molecule has 0 aromatic carbocycles. The molecule has 2 unspecified atom stereocenters. The zero-order chi connectivity index (χ0) is 21.8. The van der Waals surface area contributed by atoms with Crippen molar-refractivity contribution in [2.24, 2.45) is 17.4 Å². The molecule has 0 spiro atoms. The number of ether oxygens (including phenoxy) is 2. The first kappa shape index (κ1) is 26.6. The highest BCUT2D eigenvalue weighted by atomic mass is 16.6. The third-order valence-electron chi connectivity index (χ3n) is 3.83. The Morgan fingerprint density at radius 1 is 0.857 bits per heavy atom. The number of nitrogens with two attached hydrogens (primary N) is 2. The molecule has 0 aliphatic heterocycles. The fourth-order valence-electron chi connectivity index (χ4n) is 2.68. The summed E-state index contributed by atoms with van der Waals surface area (Å²) >= 11 is 0. The van der Waals surface area contributed by atoms with Crippen LogP contribution in [0.5, 0.6) is 0 Å². The Bertz CT molecular complexity index is 458. The molecule has 0 aromatic heterocycles. The molecule has 0 fully saturated rings. The van der Waals surface area contributed by atoms with Crippen molar-refractivity contribution in [2.75, 3.05) is 26.2 Å². The zero-order valence-electron chi connectivity index (χ0n) is 18.6. The van der Waals surface area contributed by atoms with Gasteiger partial charge >= 0.3 is 12.1 Å². The lowest BCUT2D eigenvalue weighted by molar-refractivity contribution is -0.161. The van der Waals surface area contributed by atoms with E-state index in [1.165, 1.54) is 0 Å². The predicted molar refractivity (Wildman–Crippen MR) is 112 cm³/mol. The Kier molecular flexibility index (Phi) is 12.3. The second-order valence-corrected chi connectivity index (χ2v) is 8.99. The molecule has 0 aliphatic carbocycles. The molecule has 8 heteroatoms. The summed E-state index contributed by atoms with van der Waals surface area (Å²) in [5.74, 6) is -0.681. The Morgan fingerprint density at radius 3 is 1.93 bits per heavy atom. The smallest absolute Gasteiger partial charge is 0.407 e. The first-order chi connectivity index (χ1) is 12.9. The summed E-state index contributed by atoms with van der Waals surface area (Å²) in [5, 5.41) is 6.14. The number of nitrogens with one attached hydrogen (secondary N) is 2. The molecule has 2 atom stereocenters. The van der Waals surface area contributed by atoms with Gasteiger partial charge in [-0.25, -0.2) is 4.79 Å². The van der Waals surface area contributed by atoms with Crippen LogP contribution >= 0.6 is 0 Å². The summed E-state index contributed by atoms with van der Waals surface area (Å²) in [6.07, 6.45) is 2.30. The summed E-state index contributed by atoms with van der Waals surface area (Å²) in [6, 6.07) is -0.0922. The molecule has 6 N–H and O–H groups in total. The number of esters is 1. The summed E-state index contributed by atoms with van der Waals surface area (Å²) < 4.78 is 10.9. The molecule has 0 saturated carbocycles. The highest BCUT2D eigenvalue weighted by Crippen LogP contribution is 2.20. The summed E-state index contributed by atoms with van der Waals surface area (Å²) in [7, 11) is 0. The Balaban J connectivity index is 5.07. The maximum atomic E-state index is 12.8. The predicted octanol–water partition coefficient (Wildman–Crippen LogP) is 1.91. The second-order valence-electron chi connectivity index (χ2n) is 8.99. The van der Waals surface area contributed by atoms with Gasteiger partial charge < -0.3 is 31.6 Å². The number of carbonyl (C=O) groups excluding carboxylic acids is 2. The summed E-state index contributed by atoms with van der Waals surface area (Å²) in [6.45, 7) is 13.1. The molecule has 8 nitrogen and oxygen atoms in total. The van der Waals surface area contributed by atoms with Gasteiger partial charge in [0.2, 0.25) is 0 Å². The molecule has 0 rings (SSSR count). The van der Waals surface area contributed by atoms with E-state index in [-0.39, 0.29) is 12.0 Å². The number of hydrogen-bond acceptors (Lipinski definition) is 7. The Morgan fingerprint density at radius 2 is 1.43 bits per heavy atom. The number of carbonyl (C=O) groups is 2. The molecule has 0 bridgehead atoms. The third kappa shape index (κ3) is 13.7. The van der Waals surface area contributed by atoms with Gasteiger partial charge in [-0.1, -0.05) is 0 Å². The molecule has 0 radical (unpaired) electrons. The minimum absolute atomic E-state index is 0.0922. The van der Waals surface area contributed by atoms with Crippen molar-refractivity contribution in [3.63, 3.8) is 0 Å². The lowest BCUT2D eigenvalue weighted by Gasteiger charge is -2.30. The lowest BCUT2D eigenvalue weighted by atomic mass is 9.91. The van der Waals surface area contributed by atoms with Gasteiger partial charge in [0.1, 0.15) is 11.2 Å². The van der Waals surface area contributed by atoms with Crippen molar-refractivity contribution < 1.29 is 19.1 Å². The fraction of sp³-hybridized carbons (Fsp3) is 0.900. The van der Waals surface area contributed by atoms with Crippen LogP contribution in [0, 0.1) is 5.92 Å². The number of rotatable bonds is 12. The zero-order valence-corrected chi connectivity index (χ0v) is 18.6. The lowest BCUT2D eigenvalue weighted by Crippen LogP contribution is -2.45. The molecule has 166 valence electrons. The molecular weight excluding hydrogens is 360 g/mol. The van der Waals surface area contributed by atoms with Crippen molar-refractivity contribution in [1.82, 2.24) is 10.6 Å². The molecule has 0 aliphatic rings. The van der Waals surface area contributed by atoms with Crippen LogP contribution < -0.4 is 22.1 Å².